The lowest BCUT2D eigenvalue weighted by molar-refractivity contribution is 0.0955. The van der Waals surface area contributed by atoms with Crippen molar-refractivity contribution >= 4 is 56.6 Å². The molecule has 0 radical (unpaired) electrons. The maximum absolute atomic E-state index is 12.6. The molecule has 0 aliphatic carbocycles. The van der Waals surface area contributed by atoms with Gasteiger partial charge < -0.3 is 10.2 Å². The van der Waals surface area contributed by atoms with E-state index in [1.165, 1.54) is 35.9 Å². The SMILES string of the molecule is CSc1nc(N2CCCC2)c2cc(C(=O)NCc3ccc(Cl)cc3)sc2n1. The van der Waals surface area contributed by atoms with Gasteiger partial charge in [0.2, 0.25) is 0 Å². The number of hydrogen-bond donors (Lipinski definition) is 1. The van der Waals surface area contributed by atoms with Gasteiger partial charge in [-0.2, -0.15) is 0 Å². The highest BCUT2D eigenvalue weighted by atomic mass is 35.5. The summed E-state index contributed by atoms with van der Waals surface area (Å²) in [5, 5.41) is 5.38. The van der Waals surface area contributed by atoms with Crippen LogP contribution < -0.4 is 10.2 Å². The number of anilines is 1. The largest absolute Gasteiger partial charge is 0.356 e. The van der Waals surface area contributed by atoms with Crippen LogP contribution in [-0.4, -0.2) is 35.2 Å². The average Bonchev–Trinajstić information content (AvgIpc) is 3.36. The summed E-state index contributed by atoms with van der Waals surface area (Å²) < 4.78 is 0. The molecule has 1 saturated heterocycles. The fourth-order valence-electron chi connectivity index (χ4n) is 3.13. The number of aromatic nitrogens is 2. The van der Waals surface area contributed by atoms with Crippen LogP contribution in [0, 0.1) is 0 Å². The first kappa shape index (κ1) is 18.5. The van der Waals surface area contributed by atoms with Crippen LogP contribution in [0.1, 0.15) is 28.1 Å². The molecule has 8 heteroatoms. The van der Waals surface area contributed by atoms with E-state index in [2.05, 4.69) is 15.2 Å². The lowest BCUT2D eigenvalue weighted by Gasteiger charge is -2.17. The van der Waals surface area contributed by atoms with Gasteiger partial charge in [0.25, 0.3) is 5.91 Å². The second-order valence-electron chi connectivity index (χ2n) is 6.37. The number of fused-ring (bicyclic) bond motifs is 1. The number of thiophene rings is 1. The zero-order valence-electron chi connectivity index (χ0n) is 14.9. The van der Waals surface area contributed by atoms with Crippen LogP contribution in [0.15, 0.2) is 35.5 Å². The molecule has 3 heterocycles. The van der Waals surface area contributed by atoms with Gasteiger partial charge in [-0.05, 0) is 42.9 Å². The van der Waals surface area contributed by atoms with E-state index < -0.39 is 0 Å². The van der Waals surface area contributed by atoms with Gasteiger partial charge in [-0.25, -0.2) is 9.97 Å². The van der Waals surface area contributed by atoms with E-state index in [4.69, 9.17) is 16.6 Å². The van der Waals surface area contributed by atoms with Gasteiger partial charge in [-0.3, -0.25) is 4.79 Å². The van der Waals surface area contributed by atoms with Crippen molar-refractivity contribution in [3.05, 3.63) is 45.8 Å². The molecule has 140 valence electrons. The van der Waals surface area contributed by atoms with Crippen molar-refractivity contribution in [1.29, 1.82) is 0 Å². The smallest absolute Gasteiger partial charge is 0.261 e. The molecule has 0 atom stereocenters. The highest BCUT2D eigenvalue weighted by Crippen LogP contribution is 2.34. The molecule has 27 heavy (non-hydrogen) atoms. The standard InChI is InChI=1S/C19H19ClN4OS2/c1-26-19-22-16(24-8-2-3-9-24)14-10-15(27-18(14)23-19)17(25)21-11-12-4-6-13(20)7-5-12/h4-7,10H,2-3,8-9,11H2,1H3,(H,21,25). The molecule has 4 rings (SSSR count). The molecular formula is C19H19ClN4OS2. The van der Waals surface area contributed by atoms with E-state index in [-0.39, 0.29) is 5.91 Å². The Morgan fingerprint density at radius 1 is 1.26 bits per heavy atom. The minimum atomic E-state index is -0.0916. The summed E-state index contributed by atoms with van der Waals surface area (Å²) in [5.41, 5.74) is 1.01. The molecule has 1 fully saturated rings. The first-order valence-corrected chi connectivity index (χ1v) is 11.2. The van der Waals surface area contributed by atoms with E-state index in [0.29, 0.717) is 16.4 Å². The molecule has 0 bridgehead atoms. The van der Waals surface area contributed by atoms with Crippen LogP contribution in [0.2, 0.25) is 5.02 Å². The zero-order valence-corrected chi connectivity index (χ0v) is 17.3. The number of nitrogens with zero attached hydrogens (tertiary/aromatic N) is 3. The van der Waals surface area contributed by atoms with Crippen molar-refractivity contribution in [2.45, 2.75) is 24.5 Å². The lowest BCUT2D eigenvalue weighted by Crippen LogP contribution is -2.21. The van der Waals surface area contributed by atoms with Crippen molar-refractivity contribution in [3.8, 4) is 0 Å². The number of halogens is 1. The molecular weight excluding hydrogens is 400 g/mol. The minimum absolute atomic E-state index is 0.0916. The maximum Gasteiger partial charge on any atom is 0.261 e. The Hall–Kier alpha value is -1.83. The molecule has 1 amide bonds. The van der Waals surface area contributed by atoms with Crippen molar-refractivity contribution in [1.82, 2.24) is 15.3 Å². The normalized spacial score (nSPS) is 14.1. The van der Waals surface area contributed by atoms with Crippen LogP contribution in [0.3, 0.4) is 0 Å². The predicted octanol–water partition coefficient (Wildman–Crippen LogP) is 4.60. The van der Waals surface area contributed by atoms with Gasteiger partial charge in [-0.1, -0.05) is 35.5 Å². The first-order chi connectivity index (χ1) is 13.1. The summed E-state index contributed by atoms with van der Waals surface area (Å²) in [5.74, 6) is 0.862. The van der Waals surface area contributed by atoms with E-state index in [9.17, 15) is 4.79 Å². The van der Waals surface area contributed by atoms with Crippen LogP contribution >= 0.6 is 34.7 Å². The maximum atomic E-state index is 12.6. The predicted molar refractivity (Wildman–Crippen MR) is 113 cm³/mol. The Kier molecular flexibility index (Phi) is 5.52. The number of carbonyl (C=O) groups excluding carboxylic acids is 1. The highest BCUT2D eigenvalue weighted by Gasteiger charge is 2.21. The summed E-state index contributed by atoms with van der Waals surface area (Å²) in [4.78, 5) is 25.8. The highest BCUT2D eigenvalue weighted by molar-refractivity contribution is 7.98. The molecule has 1 aliphatic rings. The van der Waals surface area contributed by atoms with Gasteiger partial charge in [0.1, 0.15) is 10.6 Å². The van der Waals surface area contributed by atoms with E-state index >= 15 is 0 Å². The number of amides is 1. The third kappa shape index (κ3) is 4.05. The van der Waals surface area contributed by atoms with Crippen LogP contribution in [-0.2, 0) is 6.54 Å². The number of nitrogens with one attached hydrogen (secondary N) is 1. The van der Waals surface area contributed by atoms with Crippen molar-refractivity contribution in [2.24, 2.45) is 0 Å². The van der Waals surface area contributed by atoms with Crippen molar-refractivity contribution in [2.75, 3.05) is 24.2 Å². The van der Waals surface area contributed by atoms with Gasteiger partial charge in [0.15, 0.2) is 5.16 Å². The number of hydrogen-bond acceptors (Lipinski definition) is 6. The number of carbonyl (C=O) groups is 1. The summed E-state index contributed by atoms with van der Waals surface area (Å²) in [6, 6.07) is 9.40. The Labute approximate surface area is 171 Å². The van der Waals surface area contributed by atoms with Gasteiger partial charge in [-0.15, -0.1) is 11.3 Å². The Bertz CT molecular complexity index is 968. The third-order valence-corrected chi connectivity index (χ3v) is 6.36. The second-order valence-corrected chi connectivity index (χ2v) is 8.61. The Morgan fingerprint density at radius 3 is 2.70 bits per heavy atom. The molecule has 3 aromatic rings. The minimum Gasteiger partial charge on any atom is -0.356 e. The fraction of sp³-hybridized carbons (Fsp3) is 0.316. The number of thioether (sulfide) groups is 1. The van der Waals surface area contributed by atoms with Crippen LogP contribution in [0.5, 0.6) is 0 Å². The van der Waals surface area contributed by atoms with Crippen LogP contribution in [0.4, 0.5) is 5.82 Å². The van der Waals surface area contributed by atoms with Crippen LogP contribution in [0.25, 0.3) is 10.2 Å². The molecule has 1 aromatic carbocycles. The Morgan fingerprint density at radius 2 is 2.00 bits per heavy atom. The molecule has 0 spiro atoms. The molecule has 5 nitrogen and oxygen atoms in total. The fourth-order valence-corrected chi connectivity index (χ4v) is 4.62. The van der Waals surface area contributed by atoms with Crippen molar-refractivity contribution < 1.29 is 4.79 Å². The van der Waals surface area contributed by atoms with Crippen molar-refractivity contribution in [3.63, 3.8) is 0 Å². The Balaban J connectivity index is 1.59. The quantitative estimate of drug-likeness (QED) is 0.484. The lowest BCUT2D eigenvalue weighted by atomic mass is 10.2. The van der Waals surface area contributed by atoms with E-state index in [1.54, 1.807) is 0 Å². The molecule has 1 aliphatic heterocycles. The zero-order chi connectivity index (χ0) is 18.8. The third-order valence-electron chi connectivity index (χ3n) is 4.53. The van der Waals surface area contributed by atoms with E-state index in [0.717, 1.165) is 39.8 Å². The monoisotopic (exact) mass is 418 g/mol. The summed E-state index contributed by atoms with van der Waals surface area (Å²) in [7, 11) is 0. The number of rotatable bonds is 5. The molecule has 0 unspecified atom stereocenters. The van der Waals surface area contributed by atoms with Gasteiger partial charge in [0, 0.05) is 24.7 Å². The van der Waals surface area contributed by atoms with Gasteiger partial charge >= 0.3 is 0 Å². The average molecular weight is 419 g/mol. The number of benzene rings is 1. The van der Waals surface area contributed by atoms with E-state index in [1.807, 2.05) is 36.6 Å². The van der Waals surface area contributed by atoms with Gasteiger partial charge in [0.05, 0.1) is 10.3 Å². The second kappa shape index (κ2) is 8.04. The topological polar surface area (TPSA) is 58.1 Å². The summed E-state index contributed by atoms with van der Waals surface area (Å²) in [6.45, 7) is 2.48. The molecule has 2 aromatic heterocycles. The first-order valence-electron chi connectivity index (χ1n) is 8.77. The molecule has 0 saturated carbocycles. The summed E-state index contributed by atoms with van der Waals surface area (Å²) >= 11 is 8.86. The summed E-state index contributed by atoms with van der Waals surface area (Å²) in [6.07, 6.45) is 4.33. The molecule has 1 N–H and O–H groups in total.